The van der Waals surface area contributed by atoms with E-state index in [1.54, 1.807) is 6.42 Å². The van der Waals surface area contributed by atoms with Gasteiger partial charge >= 0.3 is 0 Å². The van der Waals surface area contributed by atoms with Gasteiger partial charge in [-0.05, 0) is 55.8 Å². The van der Waals surface area contributed by atoms with E-state index in [9.17, 15) is 0 Å². The lowest BCUT2D eigenvalue weighted by molar-refractivity contribution is 0.0763. The van der Waals surface area contributed by atoms with E-state index in [0.717, 1.165) is 49.0 Å². The van der Waals surface area contributed by atoms with Crippen LogP contribution in [0.4, 0.5) is 0 Å². The summed E-state index contributed by atoms with van der Waals surface area (Å²) in [4.78, 5) is 0. The number of fused-ring (bicyclic) bond motifs is 5. The molecule has 0 amide bonds. The van der Waals surface area contributed by atoms with Crippen molar-refractivity contribution in [2.24, 2.45) is 23.7 Å². The topological polar surface area (TPSA) is 21.3 Å². The molecule has 2 heteroatoms. The average molecular weight is 207 g/mol. The largest absolute Gasteiger partial charge is 0.381 e. The highest BCUT2D eigenvalue weighted by atomic mass is 16.5. The number of rotatable bonds is 2. The summed E-state index contributed by atoms with van der Waals surface area (Å²) in [5.41, 5.74) is 0. The van der Waals surface area contributed by atoms with Crippen LogP contribution >= 0.6 is 0 Å². The molecule has 84 valence electrons. The SMILES string of the molecule is C1CC(NC2C3C4CCC(C4)C23)CCO1. The first-order chi connectivity index (χ1) is 7.43. The Labute approximate surface area is 91.8 Å². The van der Waals surface area contributed by atoms with Crippen LogP contribution in [-0.4, -0.2) is 25.3 Å². The Bertz CT molecular complexity index is 245. The minimum absolute atomic E-state index is 0.772. The fourth-order valence-corrected chi connectivity index (χ4v) is 4.68. The van der Waals surface area contributed by atoms with Crippen LogP contribution in [0.5, 0.6) is 0 Å². The van der Waals surface area contributed by atoms with Gasteiger partial charge in [0.25, 0.3) is 0 Å². The fourth-order valence-electron chi connectivity index (χ4n) is 4.68. The second kappa shape index (κ2) is 3.21. The summed E-state index contributed by atoms with van der Waals surface area (Å²) in [6, 6.07) is 1.69. The second-order valence-corrected chi connectivity index (χ2v) is 6.07. The highest BCUT2D eigenvalue weighted by Gasteiger charge is 2.64. The monoisotopic (exact) mass is 207 g/mol. The molecule has 15 heavy (non-hydrogen) atoms. The van der Waals surface area contributed by atoms with Crippen LogP contribution in [-0.2, 0) is 4.74 Å². The van der Waals surface area contributed by atoms with Crippen molar-refractivity contribution < 1.29 is 4.74 Å². The normalized spacial score (nSPS) is 53.2. The smallest absolute Gasteiger partial charge is 0.0480 e. The first-order valence-corrected chi connectivity index (χ1v) is 6.77. The van der Waals surface area contributed by atoms with E-state index in [1.165, 1.54) is 25.7 Å². The van der Waals surface area contributed by atoms with Crippen LogP contribution in [0.1, 0.15) is 32.1 Å². The quantitative estimate of drug-likeness (QED) is 0.745. The fraction of sp³-hybridized carbons (Fsp3) is 1.00. The van der Waals surface area contributed by atoms with E-state index in [-0.39, 0.29) is 0 Å². The maximum Gasteiger partial charge on any atom is 0.0480 e. The standard InChI is InChI=1S/C13H21NO/c1-2-9-7-8(1)11-12(9)13(11)14-10-3-5-15-6-4-10/h8-14H,1-7H2. The molecule has 0 aromatic rings. The van der Waals surface area contributed by atoms with Crippen LogP contribution in [0.15, 0.2) is 0 Å². The van der Waals surface area contributed by atoms with Crippen molar-refractivity contribution in [2.75, 3.05) is 13.2 Å². The van der Waals surface area contributed by atoms with Crippen LogP contribution in [0.2, 0.25) is 0 Å². The predicted molar refractivity (Wildman–Crippen MR) is 58.6 cm³/mol. The Kier molecular flexibility index (Phi) is 1.92. The van der Waals surface area contributed by atoms with Gasteiger partial charge in [0.2, 0.25) is 0 Å². The first kappa shape index (κ1) is 9.00. The van der Waals surface area contributed by atoms with Crippen LogP contribution < -0.4 is 5.32 Å². The number of nitrogens with one attached hydrogen (secondary N) is 1. The molecule has 1 N–H and O–H groups in total. The van der Waals surface area contributed by atoms with Gasteiger partial charge in [0.05, 0.1) is 0 Å². The van der Waals surface area contributed by atoms with Crippen molar-refractivity contribution in [3.8, 4) is 0 Å². The Balaban J connectivity index is 1.37. The lowest BCUT2D eigenvalue weighted by atomic mass is 10.0. The maximum atomic E-state index is 5.41. The molecule has 4 fully saturated rings. The summed E-state index contributed by atoms with van der Waals surface area (Å²) < 4.78 is 5.41. The van der Waals surface area contributed by atoms with E-state index >= 15 is 0 Å². The minimum atomic E-state index is 0.772. The lowest BCUT2D eigenvalue weighted by Gasteiger charge is -2.24. The predicted octanol–water partition coefficient (Wildman–Crippen LogP) is 1.80. The van der Waals surface area contributed by atoms with Crippen molar-refractivity contribution >= 4 is 0 Å². The van der Waals surface area contributed by atoms with Crippen molar-refractivity contribution in [2.45, 2.75) is 44.2 Å². The van der Waals surface area contributed by atoms with Crippen LogP contribution in [0, 0.1) is 23.7 Å². The van der Waals surface area contributed by atoms with Gasteiger partial charge in [0.1, 0.15) is 0 Å². The van der Waals surface area contributed by atoms with E-state index < -0.39 is 0 Å². The number of hydrogen-bond donors (Lipinski definition) is 1. The van der Waals surface area contributed by atoms with E-state index in [1.807, 2.05) is 0 Å². The molecule has 4 rings (SSSR count). The molecule has 4 aliphatic rings. The van der Waals surface area contributed by atoms with Gasteiger partial charge in [-0.15, -0.1) is 0 Å². The molecular formula is C13H21NO. The van der Waals surface area contributed by atoms with Crippen molar-refractivity contribution in [1.29, 1.82) is 0 Å². The van der Waals surface area contributed by atoms with Gasteiger partial charge in [0, 0.05) is 25.3 Å². The summed E-state index contributed by atoms with van der Waals surface area (Å²) in [5, 5.41) is 3.92. The zero-order valence-electron chi connectivity index (χ0n) is 9.32. The minimum Gasteiger partial charge on any atom is -0.381 e. The maximum absolute atomic E-state index is 5.41. The Morgan fingerprint density at radius 2 is 1.53 bits per heavy atom. The van der Waals surface area contributed by atoms with Gasteiger partial charge < -0.3 is 10.1 Å². The molecule has 2 nitrogen and oxygen atoms in total. The van der Waals surface area contributed by atoms with E-state index in [0.29, 0.717) is 0 Å². The summed E-state index contributed by atoms with van der Waals surface area (Å²) in [7, 11) is 0. The molecule has 2 bridgehead atoms. The number of hydrogen-bond acceptors (Lipinski definition) is 2. The summed E-state index contributed by atoms with van der Waals surface area (Å²) in [6.45, 7) is 1.96. The third kappa shape index (κ3) is 1.31. The third-order valence-corrected chi connectivity index (χ3v) is 5.38. The molecule has 3 saturated carbocycles. The molecule has 3 aliphatic carbocycles. The van der Waals surface area contributed by atoms with E-state index in [4.69, 9.17) is 4.74 Å². The highest BCUT2D eigenvalue weighted by Crippen LogP contribution is 2.65. The van der Waals surface area contributed by atoms with Crippen molar-refractivity contribution in [1.82, 2.24) is 5.32 Å². The summed E-state index contributed by atoms with van der Waals surface area (Å²) in [6.07, 6.45) is 7.13. The highest BCUT2D eigenvalue weighted by molar-refractivity contribution is 5.17. The molecule has 1 saturated heterocycles. The van der Waals surface area contributed by atoms with Gasteiger partial charge in [-0.25, -0.2) is 0 Å². The molecule has 4 unspecified atom stereocenters. The average Bonchev–Trinajstić information content (AvgIpc) is 2.71. The van der Waals surface area contributed by atoms with Crippen molar-refractivity contribution in [3.05, 3.63) is 0 Å². The number of ether oxygens (including phenoxy) is 1. The van der Waals surface area contributed by atoms with Gasteiger partial charge in [0.15, 0.2) is 0 Å². The Morgan fingerprint density at radius 3 is 2.20 bits per heavy atom. The lowest BCUT2D eigenvalue weighted by Crippen LogP contribution is -2.38. The molecule has 1 heterocycles. The van der Waals surface area contributed by atoms with Crippen molar-refractivity contribution in [3.63, 3.8) is 0 Å². The third-order valence-electron chi connectivity index (χ3n) is 5.38. The molecule has 0 radical (unpaired) electrons. The molecule has 4 atom stereocenters. The molecule has 0 aromatic heterocycles. The first-order valence-electron chi connectivity index (χ1n) is 6.77. The molecule has 0 aromatic carbocycles. The summed E-state index contributed by atoms with van der Waals surface area (Å²) in [5.74, 6) is 4.40. The molecular weight excluding hydrogens is 186 g/mol. The van der Waals surface area contributed by atoms with Crippen LogP contribution in [0.25, 0.3) is 0 Å². The Morgan fingerprint density at radius 1 is 0.867 bits per heavy atom. The van der Waals surface area contributed by atoms with E-state index in [2.05, 4.69) is 5.32 Å². The zero-order chi connectivity index (χ0) is 9.83. The van der Waals surface area contributed by atoms with Crippen LogP contribution in [0.3, 0.4) is 0 Å². The summed E-state index contributed by atoms with van der Waals surface area (Å²) >= 11 is 0. The van der Waals surface area contributed by atoms with Gasteiger partial charge in [-0.1, -0.05) is 0 Å². The van der Waals surface area contributed by atoms with Gasteiger partial charge in [-0.2, -0.15) is 0 Å². The molecule has 0 spiro atoms. The Hall–Kier alpha value is -0.0800. The zero-order valence-corrected chi connectivity index (χ0v) is 9.32. The second-order valence-electron chi connectivity index (χ2n) is 6.07. The van der Waals surface area contributed by atoms with Gasteiger partial charge in [-0.3, -0.25) is 0 Å². The molecule has 1 aliphatic heterocycles.